The third-order valence-electron chi connectivity index (χ3n) is 1.28. The largest absolute Gasteiger partial charge is 0.390 e. The van der Waals surface area contributed by atoms with Crippen LogP contribution in [-0.4, -0.2) is 27.0 Å². The van der Waals surface area contributed by atoms with Crippen LogP contribution in [-0.2, 0) is 9.84 Å². The zero-order valence-corrected chi connectivity index (χ0v) is 10.8. The van der Waals surface area contributed by atoms with E-state index in [0.717, 1.165) is 0 Å². The summed E-state index contributed by atoms with van der Waals surface area (Å²) in [6, 6.07) is 0. The van der Waals surface area contributed by atoms with Gasteiger partial charge in [0, 0.05) is 5.75 Å². The lowest BCUT2D eigenvalue weighted by molar-refractivity contribution is 0.208. The molecule has 0 aliphatic heterocycles. The van der Waals surface area contributed by atoms with Crippen LogP contribution in [0.5, 0.6) is 0 Å². The zero-order valence-electron chi connectivity index (χ0n) is 6.21. The summed E-state index contributed by atoms with van der Waals surface area (Å²) in [5.74, 6) is 0.0199. The first-order valence-corrected chi connectivity index (χ1v) is 6.56. The normalized spacial score (nSPS) is 20.8. The van der Waals surface area contributed by atoms with Crippen molar-refractivity contribution in [3.05, 3.63) is 0 Å². The molecule has 0 aliphatic rings. The fourth-order valence-corrected chi connectivity index (χ4v) is 2.98. The molecule has 68 valence electrons. The number of aliphatic hydroxyl groups is 1. The highest BCUT2D eigenvalue weighted by atomic mass is 127. The Bertz CT molecular complexity index is 222. The minimum Gasteiger partial charge on any atom is -0.390 e. The Balaban J connectivity index is 4.85. The number of hydrogen-bond acceptors (Lipinski definition) is 3. The summed E-state index contributed by atoms with van der Waals surface area (Å²) in [7, 11) is -3.24. The molecule has 0 fully saturated rings. The Morgan fingerprint density at radius 2 is 2.09 bits per heavy atom. The van der Waals surface area contributed by atoms with Crippen LogP contribution < -0.4 is 0 Å². The van der Waals surface area contributed by atoms with Crippen LogP contribution in [0.4, 0.5) is 0 Å². The maximum absolute atomic E-state index is 11.2. The molecular weight excluding hydrogens is 347 g/mol. The van der Waals surface area contributed by atoms with E-state index in [0.29, 0.717) is 0 Å². The first-order valence-electron chi connectivity index (χ1n) is 3.04. The van der Waals surface area contributed by atoms with Crippen molar-refractivity contribution >= 4 is 48.4 Å². The summed E-state index contributed by atoms with van der Waals surface area (Å²) in [6.07, 6.45) is -0.923. The quantitative estimate of drug-likeness (QED) is 0.612. The van der Waals surface area contributed by atoms with Crippen LogP contribution in [0.1, 0.15) is 13.8 Å². The van der Waals surface area contributed by atoms with Gasteiger partial charge < -0.3 is 5.11 Å². The number of sulfone groups is 1. The van der Waals surface area contributed by atoms with Gasteiger partial charge in [-0.1, -0.05) is 22.9 Å². The first kappa shape index (κ1) is 12.1. The van der Waals surface area contributed by atoms with E-state index in [9.17, 15) is 8.42 Å². The fraction of sp³-hybridized carbons (Fsp3) is 1.00. The van der Waals surface area contributed by atoms with E-state index in [-0.39, 0.29) is 5.75 Å². The minimum atomic E-state index is -3.24. The van der Waals surface area contributed by atoms with Crippen LogP contribution in [0.15, 0.2) is 0 Å². The standard InChI is InChI=1S/C5H10BrIO3S/c1-3-11(9,10)5(6,7)4(2)8/h4,8H,3H2,1-2H3/t4-,5-/m1/s1. The number of aliphatic hydroxyl groups excluding tert-OH is 1. The van der Waals surface area contributed by atoms with Crippen molar-refractivity contribution in [2.75, 3.05) is 5.75 Å². The van der Waals surface area contributed by atoms with Gasteiger partial charge in [0.25, 0.3) is 0 Å². The molecular formula is C5H10BrIO3S. The van der Waals surface area contributed by atoms with Crippen LogP contribution >= 0.6 is 38.5 Å². The van der Waals surface area contributed by atoms with Gasteiger partial charge in [-0.15, -0.1) is 0 Å². The molecule has 0 aromatic carbocycles. The maximum Gasteiger partial charge on any atom is 0.202 e. The third kappa shape index (κ3) is 2.53. The Morgan fingerprint density at radius 1 is 1.73 bits per heavy atom. The van der Waals surface area contributed by atoms with Gasteiger partial charge in [0.1, 0.15) is 0 Å². The molecule has 6 heteroatoms. The first-order chi connectivity index (χ1) is 4.75. The molecule has 0 saturated heterocycles. The van der Waals surface area contributed by atoms with E-state index >= 15 is 0 Å². The van der Waals surface area contributed by atoms with Gasteiger partial charge in [-0.2, -0.15) is 0 Å². The van der Waals surface area contributed by atoms with Gasteiger partial charge in [-0.3, -0.25) is 0 Å². The second kappa shape index (κ2) is 3.89. The van der Waals surface area contributed by atoms with Crippen molar-refractivity contribution in [1.29, 1.82) is 0 Å². The van der Waals surface area contributed by atoms with E-state index in [1.807, 2.05) is 0 Å². The van der Waals surface area contributed by atoms with Crippen molar-refractivity contribution in [3.8, 4) is 0 Å². The molecule has 11 heavy (non-hydrogen) atoms. The molecule has 2 atom stereocenters. The van der Waals surface area contributed by atoms with Crippen molar-refractivity contribution in [2.24, 2.45) is 0 Å². The Morgan fingerprint density at radius 3 is 2.18 bits per heavy atom. The summed E-state index contributed by atoms with van der Waals surface area (Å²) < 4.78 is 21.3. The van der Waals surface area contributed by atoms with Crippen molar-refractivity contribution in [2.45, 2.75) is 21.6 Å². The second-order valence-electron chi connectivity index (χ2n) is 2.14. The summed E-state index contributed by atoms with van der Waals surface area (Å²) in [5.41, 5.74) is 0. The van der Waals surface area contributed by atoms with Gasteiger partial charge in [-0.05, 0) is 29.5 Å². The SMILES string of the molecule is CCS(=O)(=O)[C@](Br)(I)[C@@H](C)O. The molecule has 0 heterocycles. The molecule has 0 aliphatic carbocycles. The highest BCUT2D eigenvalue weighted by molar-refractivity contribution is 14.1. The summed E-state index contributed by atoms with van der Waals surface area (Å²) in [4.78, 5) is 0. The molecule has 1 N–H and O–H groups in total. The third-order valence-corrected chi connectivity index (χ3v) is 8.27. The zero-order chi connectivity index (χ0) is 9.28. The molecule has 0 aromatic rings. The molecule has 0 unspecified atom stereocenters. The molecule has 0 saturated carbocycles. The van der Waals surface area contributed by atoms with Gasteiger partial charge in [0.05, 0.1) is 6.10 Å². The summed E-state index contributed by atoms with van der Waals surface area (Å²) in [5, 5.41) is 9.11. The van der Waals surface area contributed by atoms with E-state index in [2.05, 4.69) is 15.9 Å². The van der Waals surface area contributed by atoms with Gasteiger partial charge >= 0.3 is 0 Å². The predicted molar refractivity (Wildman–Crippen MR) is 56.8 cm³/mol. The molecule has 0 rings (SSSR count). The average molecular weight is 357 g/mol. The Hall–Kier alpha value is 1.12. The smallest absolute Gasteiger partial charge is 0.202 e. The molecule has 0 amide bonds. The lowest BCUT2D eigenvalue weighted by Crippen LogP contribution is -2.37. The Kier molecular flexibility index (Phi) is 4.28. The van der Waals surface area contributed by atoms with E-state index in [1.165, 1.54) is 6.92 Å². The fourth-order valence-electron chi connectivity index (χ4n) is 0.452. The topological polar surface area (TPSA) is 54.4 Å². The van der Waals surface area contributed by atoms with Crippen molar-refractivity contribution in [3.63, 3.8) is 0 Å². The van der Waals surface area contributed by atoms with E-state index in [1.54, 1.807) is 29.5 Å². The van der Waals surface area contributed by atoms with Crippen molar-refractivity contribution in [1.82, 2.24) is 0 Å². The van der Waals surface area contributed by atoms with Crippen LogP contribution in [0, 0.1) is 0 Å². The second-order valence-corrected chi connectivity index (χ2v) is 10.3. The monoisotopic (exact) mass is 356 g/mol. The molecule has 0 spiro atoms. The molecule has 0 radical (unpaired) electrons. The number of alkyl halides is 2. The van der Waals surface area contributed by atoms with Crippen LogP contribution in [0.3, 0.4) is 0 Å². The Labute approximate surface area is 88.7 Å². The average Bonchev–Trinajstić information content (AvgIpc) is 1.87. The highest BCUT2D eigenvalue weighted by Crippen LogP contribution is 2.37. The number of rotatable bonds is 3. The summed E-state index contributed by atoms with van der Waals surface area (Å²) in [6.45, 7) is 2.99. The molecule has 0 aromatic heterocycles. The lowest BCUT2D eigenvalue weighted by atomic mass is 10.5. The lowest BCUT2D eigenvalue weighted by Gasteiger charge is -2.22. The van der Waals surface area contributed by atoms with Crippen LogP contribution in [0.25, 0.3) is 0 Å². The van der Waals surface area contributed by atoms with Gasteiger partial charge in [0.15, 0.2) is 9.84 Å². The highest BCUT2D eigenvalue weighted by Gasteiger charge is 2.41. The number of hydrogen-bond donors (Lipinski definition) is 1. The minimum absolute atomic E-state index is 0.0199. The number of halogens is 2. The van der Waals surface area contributed by atoms with E-state index in [4.69, 9.17) is 5.11 Å². The van der Waals surface area contributed by atoms with Gasteiger partial charge in [0.2, 0.25) is 1.66 Å². The maximum atomic E-state index is 11.2. The van der Waals surface area contributed by atoms with Gasteiger partial charge in [-0.25, -0.2) is 8.42 Å². The summed E-state index contributed by atoms with van der Waals surface area (Å²) >= 11 is 4.66. The van der Waals surface area contributed by atoms with E-state index < -0.39 is 17.6 Å². The molecule has 0 bridgehead atoms. The van der Waals surface area contributed by atoms with Crippen molar-refractivity contribution < 1.29 is 13.5 Å². The predicted octanol–water partition coefficient (Wildman–Crippen LogP) is 1.29. The molecule has 3 nitrogen and oxygen atoms in total. The van der Waals surface area contributed by atoms with Crippen LogP contribution in [0.2, 0.25) is 0 Å².